The third kappa shape index (κ3) is 4.16. The molecule has 0 fully saturated rings. The highest BCUT2D eigenvalue weighted by Crippen LogP contribution is 2.31. The van der Waals surface area contributed by atoms with Crippen molar-refractivity contribution >= 4 is 44.9 Å². The van der Waals surface area contributed by atoms with E-state index in [0.717, 1.165) is 0 Å². The summed E-state index contributed by atoms with van der Waals surface area (Å²) < 4.78 is 5.46. The zero-order valence-electron chi connectivity index (χ0n) is 9.76. The molecule has 0 aromatic heterocycles. The van der Waals surface area contributed by atoms with Crippen molar-refractivity contribution in [2.24, 2.45) is 5.41 Å². The second-order valence-electron chi connectivity index (χ2n) is 4.62. The molecule has 0 aliphatic carbocycles. The van der Waals surface area contributed by atoms with Crippen LogP contribution in [0.25, 0.3) is 0 Å². The quantitative estimate of drug-likeness (QED) is 0.745. The van der Waals surface area contributed by atoms with E-state index in [9.17, 15) is 4.79 Å². The summed E-state index contributed by atoms with van der Waals surface area (Å²) in [6, 6.07) is 4.86. The van der Waals surface area contributed by atoms with Gasteiger partial charge < -0.3 is 4.74 Å². The van der Waals surface area contributed by atoms with E-state index in [2.05, 4.69) is 15.9 Å². The van der Waals surface area contributed by atoms with Crippen LogP contribution in [0.2, 0.25) is 10.0 Å². The Morgan fingerprint density at radius 1 is 1.35 bits per heavy atom. The van der Waals surface area contributed by atoms with Crippen LogP contribution in [0.3, 0.4) is 0 Å². The fourth-order valence-electron chi connectivity index (χ4n) is 1.07. The van der Waals surface area contributed by atoms with Gasteiger partial charge in [0.15, 0.2) is 5.78 Å². The molecule has 1 atom stereocenters. The van der Waals surface area contributed by atoms with E-state index in [0.29, 0.717) is 15.8 Å². The first-order chi connectivity index (χ1) is 7.71. The van der Waals surface area contributed by atoms with Crippen molar-refractivity contribution in [3.8, 4) is 5.75 Å². The summed E-state index contributed by atoms with van der Waals surface area (Å²) in [4.78, 5) is 11.9. The minimum absolute atomic E-state index is 0.0615. The van der Waals surface area contributed by atoms with Gasteiger partial charge in [-0.15, -0.1) is 0 Å². The van der Waals surface area contributed by atoms with Crippen molar-refractivity contribution < 1.29 is 9.53 Å². The Balaban J connectivity index is 2.85. The lowest BCUT2D eigenvalue weighted by atomic mass is 9.91. The minimum atomic E-state index is -0.738. The zero-order valence-corrected chi connectivity index (χ0v) is 12.9. The molecule has 0 spiro atoms. The number of Topliss-reactive ketones (excluding diaryl/α,β-unsaturated/α-hetero) is 1. The summed E-state index contributed by atoms with van der Waals surface area (Å²) in [6.45, 7) is 5.48. The molecule has 1 aromatic rings. The third-order valence-corrected chi connectivity index (χ3v) is 3.22. The van der Waals surface area contributed by atoms with E-state index in [1.54, 1.807) is 18.2 Å². The maximum Gasteiger partial charge on any atom is 0.211 e. The number of hydrogen-bond acceptors (Lipinski definition) is 2. The van der Waals surface area contributed by atoms with Gasteiger partial charge in [-0.3, -0.25) is 4.79 Å². The fourth-order valence-corrected chi connectivity index (χ4v) is 2.29. The lowest BCUT2D eigenvalue weighted by Crippen LogP contribution is -2.32. The second kappa shape index (κ2) is 5.59. The Bertz CT molecular complexity index is 427. The van der Waals surface area contributed by atoms with Gasteiger partial charge in [0, 0.05) is 16.5 Å². The molecule has 1 rings (SSSR count). The molecule has 1 unspecified atom stereocenters. The lowest BCUT2D eigenvalue weighted by molar-refractivity contribution is -0.129. The van der Waals surface area contributed by atoms with Gasteiger partial charge in [0.05, 0.1) is 5.02 Å². The Hall–Kier alpha value is -0.250. The van der Waals surface area contributed by atoms with Crippen LogP contribution < -0.4 is 4.74 Å². The molecule has 1 aromatic carbocycles. The average Bonchev–Trinajstić information content (AvgIpc) is 2.21. The topological polar surface area (TPSA) is 26.3 Å². The fraction of sp³-hybridized carbons (Fsp3) is 0.417. The molecule has 17 heavy (non-hydrogen) atoms. The van der Waals surface area contributed by atoms with Gasteiger partial charge in [-0.1, -0.05) is 44.0 Å². The Labute approximate surface area is 119 Å². The van der Waals surface area contributed by atoms with Gasteiger partial charge in [-0.25, -0.2) is 0 Å². The van der Waals surface area contributed by atoms with Crippen LogP contribution in [-0.4, -0.2) is 10.8 Å². The van der Waals surface area contributed by atoms with E-state index in [-0.39, 0.29) is 5.78 Å². The maximum absolute atomic E-state index is 11.9. The van der Waals surface area contributed by atoms with Crippen molar-refractivity contribution in [3.63, 3.8) is 0 Å². The van der Waals surface area contributed by atoms with Gasteiger partial charge in [-0.2, -0.15) is 0 Å². The molecular weight excluding hydrogens is 327 g/mol. The van der Waals surface area contributed by atoms with Crippen LogP contribution in [0.15, 0.2) is 18.2 Å². The Morgan fingerprint density at radius 3 is 2.47 bits per heavy atom. The Kier molecular flexibility index (Phi) is 4.87. The summed E-state index contributed by atoms with van der Waals surface area (Å²) in [5, 5.41) is 0.186. The van der Waals surface area contributed by atoms with Gasteiger partial charge in [-0.05, 0) is 28.1 Å². The van der Waals surface area contributed by atoms with Gasteiger partial charge in [0.2, 0.25) is 5.01 Å². The molecule has 0 amide bonds. The first-order valence-electron chi connectivity index (χ1n) is 5.02. The molecule has 2 nitrogen and oxygen atoms in total. The highest BCUT2D eigenvalue weighted by atomic mass is 79.9. The second-order valence-corrected chi connectivity index (χ2v) is 6.30. The van der Waals surface area contributed by atoms with E-state index >= 15 is 0 Å². The van der Waals surface area contributed by atoms with Gasteiger partial charge in [0.1, 0.15) is 5.75 Å². The molecule has 0 saturated heterocycles. The normalized spacial score (nSPS) is 13.3. The summed E-state index contributed by atoms with van der Waals surface area (Å²) in [6.07, 6.45) is 0. The van der Waals surface area contributed by atoms with Crippen molar-refractivity contribution in [1.82, 2.24) is 0 Å². The number of carbonyl (C=O) groups excluding carboxylic acids is 1. The zero-order chi connectivity index (χ0) is 13.2. The standard InChI is InChI=1S/C12H13BrCl2O2/c1-12(2,3)10(16)11(13)17-9-6-7(14)4-5-8(9)15/h4-6,11H,1-3H3. The van der Waals surface area contributed by atoms with Crippen LogP contribution in [-0.2, 0) is 4.79 Å². The first kappa shape index (κ1) is 14.8. The van der Waals surface area contributed by atoms with E-state index in [4.69, 9.17) is 27.9 Å². The number of carbonyl (C=O) groups is 1. The lowest BCUT2D eigenvalue weighted by Gasteiger charge is -2.21. The molecule has 0 N–H and O–H groups in total. The minimum Gasteiger partial charge on any atom is -0.470 e. The molecule has 0 bridgehead atoms. The van der Waals surface area contributed by atoms with Crippen molar-refractivity contribution in [3.05, 3.63) is 28.2 Å². The largest absolute Gasteiger partial charge is 0.470 e. The predicted octanol–water partition coefficient (Wildman–Crippen LogP) is 4.71. The van der Waals surface area contributed by atoms with E-state index in [1.165, 1.54) is 0 Å². The highest BCUT2D eigenvalue weighted by molar-refractivity contribution is 9.09. The molecule has 0 saturated carbocycles. The van der Waals surface area contributed by atoms with Crippen molar-refractivity contribution in [2.75, 3.05) is 0 Å². The molecule has 0 radical (unpaired) electrons. The van der Waals surface area contributed by atoms with E-state index < -0.39 is 10.4 Å². The molecule has 0 aliphatic heterocycles. The SMILES string of the molecule is CC(C)(C)C(=O)C(Br)Oc1cc(Cl)ccc1Cl. The smallest absolute Gasteiger partial charge is 0.211 e. The van der Waals surface area contributed by atoms with Crippen LogP contribution in [0.5, 0.6) is 5.75 Å². The number of ketones is 1. The monoisotopic (exact) mass is 338 g/mol. The maximum atomic E-state index is 11.9. The molecule has 0 heterocycles. The van der Waals surface area contributed by atoms with Crippen molar-refractivity contribution in [2.45, 2.75) is 25.8 Å². The van der Waals surface area contributed by atoms with Gasteiger partial charge in [0.25, 0.3) is 0 Å². The molecule has 5 heteroatoms. The highest BCUT2D eigenvalue weighted by Gasteiger charge is 2.29. The number of rotatable bonds is 3. The summed E-state index contributed by atoms with van der Waals surface area (Å²) in [7, 11) is 0. The number of alkyl halides is 1. The predicted molar refractivity (Wildman–Crippen MR) is 74.3 cm³/mol. The van der Waals surface area contributed by atoms with Crippen LogP contribution in [0.1, 0.15) is 20.8 Å². The summed E-state index contributed by atoms with van der Waals surface area (Å²) in [5.41, 5.74) is -0.487. The van der Waals surface area contributed by atoms with Crippen LogP contribution in [0.4, 0.5) is 0 Å². The van der Waals surface area contributed by atoms with Crippen LogP contribution in [0, 0.1) is 5.41 Å². The Morgan fingerprint density at radius 2 is 1.94 bits per heavy atom. The number of halogens is 3. The summed E-state index contributed by atoms with van der Waals surface area (Å²) >= 11 is 15.0. The van der Waals surface area contributed by atoms with Crippen LogP contribution >= 0.6 is 39.1 Å². The first-order valence-corrected chi connectivity index (χ1v) is 6.69. The summed E-state index contributed by atoms with van der Waals surface area (Å²) in [5.74, 6) is 0.326. The number of hydrogen-bond donors (Lipinski definition) is 0. The average molecular weight is 340 g/mol. The van der Waals surface area contributed by atoms with Gasteiger partial charge >= 0.3 is 0 Å². The molecular formula is C12H13BrCl2O2. The molecule has 0 aliphatic rings. The van der Waals surface area contributed by atoms with Crippen molar-refractivity contribution in [1.29, 1.82) is 0 Å². The third-order valence-electron chi connectivity index (χ3n) is 2.07. The van der Waals surface area contributed by atoms with E-state index in [1.807, 2.05) is 20.8 Å². The molecule has 94 valence electrons. The number of ether oxygens (including phenoxy) is 1. The number of benzene rings is 1.